The second kappa shape index (κ2) is 8.50. The highest BCUT2D eigenvalue weighted by Gasteiger charge is 2.11. The molecule has 0 fully saturated rings. The van der Waals surface area contributed by atoms with Gasteiger partial charge in [-0.25, -0.2) is 0 Å². The largest absolute Gasteiger partial charge is 0.366 e. The summed E-state index contributed by atoms with van der Waals surface area (Å²) in [5, 5.41) is 2.75. The molecule has 0 bridgehead atoms. The molecule has 0 heterocycles. The topological polar surface area (TPSA) is 98.2 Å². The zero-order chi connectivity index (χ0) is 13.5. The highest BCUT2D eigenvalue weighted by Crippen LogP contribution is 2.04. The van der Waals surface area contributed by atoms with Crippen molar-refractivity contribution in [1.82, 2.24) is 5.32 Å². The first-order chi connectivity index (χ1) is 8.54. The summed E-state index contributed by atoms with van der Waals surface area (Å²) in [5.74, 6) is -0.619. The zero-order valence-electron chi connectivity index (χ0n) is 10.9. The van der Waals surface area contributed by atoms with Crippen molar-refractivity contribution in [3.63, 3.8) is 0 Å². The predicted octanol–water partition coefficient (Wildman–Crippen LogP) is 0.951. The van der Waals surface area contributed by atoms with Gasteiger partial charge in [0.05, 0.1) is 6.04 Å². The molecule has 106 valence electrons. The van der Waals surface area contributed by atoms with Gasteiger partial charge in [0.1, 0.15) is 0 Å². The molecule has 5 N–H and O–H groups in total. The number of carbonyl (C=O) groups excluding carboxylic acids is 2. The minimum atomic E-state index is -0.462. The maximum absolute atomic E-state index is 11.6. The third kappa shape index (κ3) is 5.72. The van der Waals surface area contributed by atoms with E-state index in [9.17, 15) is 9.59 Å². The first-order valence-corrected chi connectivity index (χ1v) is 5.96. The zero-order valence-corrected chi connectivity index (χ0v) is 11.7. The molecule has 0 aliphatic rings. The van der Waals surface area contributed by atoms with Crippen LogP contribution in [-0.2, 0) is 11.3 Å². The number of amides is 2. The Morgan fingerprint density at radius 1 is 1.26 bits per heavy atom. The predicted molar refractivity (Wildman–Crippen MR) is 76.9 cm³/mol. The van der Waals surface area contributed by atoms with E-state index in [1.54, 1.807) is 24.3 Å². The standard InChI is InChI=1S/C13H19N3O2.ClH/c1-2-3-11(14)13(18)16-8-9-4-6-10(7-5-9)12(15)17;/h4-7,11H,2-3,8,14H2,1H3,(H2,15,17)(H,16,18);1H. The van der Waals surface area contributed by atoms with E-state index >= 15 is 0 Å². The quantitative estimate of drug-likeness (QED) is 0.726. The van der Waals surface area contributed by atoms with Crippen molar-refractivity contribution in [2.45, 2.75) is 32.4 Å². The van der Waals surface area contributed by atoms with Crippen LogP contribution in [0.25, 0.3) is 0 Å². The van der Waals surface area contributed by atoms with Gasteiger partial charge >= 0.3 is 0 Å². The van der Waals surface area contributed by atoms with Gasteiger partial charge in [-0.05, 0) is 24.1 Å². The number of halogens is 1. The van der Waals surface area contributed by atoms with Crippen molar-refractivity contribution >= 4 is 24.2 Å². The molecule has 0 saturated carbocycles. The molecule has 1 rings (SSSR count). The number of nitrogens with two attached hydrogens (primary N) is 2. The molecule has 6 heteroatoms. The van der Waals surface area contributed by atoms with Crippen LogP contribution in [0.5, 0.6) is 0 Å². The maximum Gasteiger partial charge on any atom is 0.248 e. The van der Waals surface area contributed by atoms with Crippen LogP contribution in [0.2, 0.25) is 0 Å². The van der Waals surface area contributed by atoms with Crippen LogP contribution >= 0.6 is 12.4 Å². The number of benzene rings is 1. The van der Waals surface area contributed by atoms with Crippen LogP contribution in [-0.4, -0.2) is 17.9 Å². The molecule has 5 nitrogen and oxygen atoms in total. The maximum atomic E-state index is 11.6. The molecular formula is C13H20ClN3O2. The van der Waals surface area contributed by atoms with Gasteiger partial charge in [-0.2, -0.15) is 0 Å². The molecule has 0 saturated heterocycles. The van der Waals surface area contributed by atoms with Gasteiger partial charge in [-0.15, -0.1) is 12.4 Å². The Labute approximate surface area is 119 Å². The molecule has 19 heavy (non-hydrogen) atoms. The lowest BCUT2D eigenvalue weighted by Gasteiger charge is -2.11. The molecule has 1 unspecified atom stereocenters. The molecule has 2 amide bonds. The molecule has 1 aromatic carbocycles. The Morgan fingerprint density at radius 2 is 1.84 bits per heavy atom. The summed E-state index contributed by atoms with van der Waals surface area (Å²) >= 11 is 0. The third-order valence-electron chi connectivity index (χ3n) is 2.64. The Balaban J connectivity index is 0.00000324. The lowest BCUT2D eigenvalue weighted by atomic mass is 10.1. The molecule has 0 aromatic heterocycles. The van der Waals surface area contributed by atoms with Crippen LogP contribution in [0.15, 0.2) is 24.3 Å². The SMILES string of the molecule is CCCC(N)C(=O)NCc1ccc(C(N)=O)cc1.Cl. The third-order valence-corrected chi connectivity index (χ3v) is 2.64. The lowest BCUT2D eigenvalue weighted by Crippen LogP contribution is -2.40. The number of hydrogen-bond acceptors (Lipinski definition) is 3. The van der Waals surface area contributed by atoms with Crippen molar-refractivity contribution in [3.8, 4) is 0 Å². The summed E-state index contributed by atoms with van der Waals surface area (Å²) in [4.78, 5) is 22.4. The number of rotatable bonds is 6. The van der Waals surface area contributed by atoms with Gasteiger partial charge in [0, 0.05) is 12.1 Å². The van der Waals surface area contributed by atoms with E-state index in [4.69, 9.17) is 11.5 Å². The summed E-state index contributed by atoms with van der Waals surface area (Å²) < 4.78 is 0. The smallest absolute Gasteiger partial charge is 0.248 e. The van der Waals surface area contributed by atoms with Gasteiger partial charge in [-0.3, -0.25) is 9.59 Å². The van der Waals surface area contributed by atoms with E-state index in [0.29, 0.717) is 18.5 Å². The van der Waals surface area contributed by atoms with Gasteiger partial charge in [0.25, 0.3) is 0 Å². The number of nitrogens with one attached hydrogen (secondary N) is 1. The van der Waals surface area contributed by atoms with Crippen molar-refractivity contribution in [1.29, 1.82) is 0 Å². The Morgan fingerprint density at radius 3 is 2.32 bits per heavy atom. The first-order valence-electron chi connectivity index (χ1n) is 5.96. The number of hydrogen-bond donors (Lipinski definition) is 3. The monoisotopic (exact) mass is 285 g/mol. The molecule has 1 atom stereocenters. The van der Waals surface area contributed by atoms with Crippen molar-refractivity contribution in [2.24, 2.45) is 11.5 Å². The van der Waals surface area contributed by atoms with Gasteiger partial charge < -0.3 is 16.8 Å². The Bertz CT molecular complexity index is 420. The molecule has 0 radical (unpaired) electrons. The fourth-order valence-electron chi connectivity index (χ4n) is 1.55. The minimum absolute atomic E-state index is 0. The lowest BCUT2D eigenvalue weighted by molar-refractivity contribution is -0.122. The van der Waals surface area contributed by atoms with E-state index in [2.05, 4.69) is 5.32 Å². The second-order valence-corrected chi connectivity index (χ2v) is 4.17. The molecule has 0 aliphatic carbocycles. The van der Waals surface area contributed by atoms with Gasteiger partial charge in [-0.1, -0.05) is 25.5 Å². The van der Waals surface area contributed by atoms with Crippen LogP contribution < -0.4 is 16.8 Å². The fraction of sp³-hybridized carbons (Fsp3) is 0.385. The van der Waals surface area contributed by atoms with Gasteiger partial charge in [0.15, 0.2) is 0 Å². The van der Waals surface area contributed by atoms with Crippen molar-refractivity contribution < 1.29 is 9.59 Å². The minimum Gasteiger partial charge on any atom is -0.366 e. The summed E-state index contributed by atoms with van der Waals surface area (Å²) in [6.07, 6.45) is 1.55. The normalized spacial score (nSPS) is 11.3. The number of carbonyl (C=O) groups is 2. The van der Waals surface area contributed by atoms with Crippen LogP contribution in [0, 0.1) is 0 Å². The van der Waals surface area contributed by atoms with Crippen LogP contribution in [0.1, 0.15) is 35.7 Å². The molecular weight excluding hydrogens is 266 g/mol. The highest BCUT2D eigenvalue weighted by atomic mass is 35.5. The van der Waals surface area contributed by atoms with Crippen molar-refractivity contribution in [3.05, 3.63) is 35.4 Å². The average molecular weight is 286 g/mol. The van der Waals surface area contributed by atoms with E-state index in [0.717, 1.165) is 12.0 Å². The van der Waals surface area contributed by atoms with Crippen LogP contribution in [0.4, 0.5) is 0 Å². The summed E-state index contributed by atoms with van der Waals surface area (Å²) in [6, 6.07) is 6.32. The van der Waals surface area contributed by atoms with E-state index in [1.165, 1.54) is 0 Å². The molecule has 0 spiro atoms. The Kier molecular flexibility index (Phi) is 7.79. The summed E-state index contributed by atoms with van der Waals surface area (Å²) in [5.41, 5.74) is 12.2. The fourth-order valence-corrected chi connectivity index (χ4v) is 1.55. The number of primary amides is 1. The van der Waals surface area contributed by atoms with Crippen molar-refractivity contribution in [2.75, 3.05) is 0 Å². The summed E-state index contributed by atoms with van der Waals surface area (Å²) in [6.45, 7) is 2.38. The second-order valence-electron chi connectivity index (χ2n) is 4.17. The van der Waals surface area contributed by atoms with Gasteiger partial charge in [0.2, 0.25) is 11.8 Å². The van der Waals surface area contributed by atoms with E-state index < -0.39 is 11.9 Å². The van der Waals surface area contributed by atoms with E-state index in [1.807, 2.05) is 6.92 Å². The first kappa shape index (κ1) is 17.4. The molecule has 1 aromatic rings. The highest BCUT2D eigenvalue weighted by molar-refractivity contribution is 5.92. The summed E-state index contributed by atoms with van der Waals surface area (Å²) in [7, 11) is 0. The average Bonchev–Trinajstić information content (AvgIpc) is 2.36. The molecule has 0 aliphatic heterocycles. The van der Waals surface area contributed by atoms with E-state index in [-0.39, 0.29) is 18.3 Å². The Hall–Kier alpha value is -1.59. The van der Waals surface area contributed by atoms with Crippen LogP contribution in [0.3, 0.4) is 0 Å².